The molecule has 0 atom stereocenters. The van der Waals surface area contributed by atoms with Gasteiger partial charge in [-0.3, -0.25) is 0 Å². The second-order valence-corrected chi connectivity index (χ2v) is 5.62. The van der Waals surface area contributed by atoms with Gasteiger partial charge in [-0.1, -0.05) is 0 Å². The van der Waals surface area contributed by atoms with Gasteiger partial charge in [0, 0.05) is 37.4 Å². The molecule has 0 radical (unpaired) electrons. The molecule has 1 aromatic rings. The summed E-state index contributed by atoms with van der Waals surface area (Å²) in [5.74, 6) is 0.935. The zero-order valence-electron chi connectivity index (χ0n) is 12.0. The van der Waals surface area contributed by atoms with Crippen LogP contribution in [0.15, 0.2) is 0 Å². The summed E-state index contributed by atoms with van der Waals surface area (Å²) in [6, 6.07) is 0. The smallest absolute Gasteiger partial charge is 0.160 e. The van der Waals surface area contributed by atoms with E-state index in [1.54, 1.807) is 0 Å². The Hall–Kier alpha value is -1.00. The van der Waals surface area contributed by atoms with Crippen LogP contribution in [0.25, 0.3) is 0 Å². The van der Waals surface area contributed by atoms with E-state index in [-0.39, 0.29) is 5.60 Å². The third kappa shape index (κ3) is 2.28. The van der Waals surface area contributed by atoms with Gasteiger partial charge in [0.15, 0.2) is 5.82 Å². The zero-order chi connectivity index (χ0) is 13.3. The van der Waals surface area contributed by atoms with E-state index in [0.717, 1.165) is 50.5 Å². The van der Waals surface area contributed by atoms with Crippen molar-refractivity contribution >= 4 is 0 Å². The molecule has 4 heteroatoms. The molecular weight excluding hydrogens is 238 g/mol. The second-order valence-electron chi connectivity index (χ2n) is 5.62. The summed E-state index contributed by atoms with van der Waals surface area (Å²) < 4.78 is 6.08. The molecule has 4 nitrogen and oxygen atoms in total. The van der Waals surface area contributed by atoms with Gasteiger partial charge in [0.1, 0.15) is 5.60 Å². The molecule has 1 aliphatic carbocycles. The molecule has 1 aliphatic heterocycles. The maximum Gasteiger partial charge on any atom is 0.160 e. The minimum Gasteiger partial charge on any atom is -0.367 e. The molecule has 1 N–H and O–H groups in total. The van der Waals surface area contributed by atoms with Crippen LogP contribution in [0.2, 0.25) is 0 Å². The highest BCUT2D eigenvalue weighted by Crippen LogP contribution is 2.41. The molecule has 1 fully saturated rings. The first-order chi connectivity index (χ1) is 9.25. The molecule has 0 bridgehead atoms. The molecule has 0 aromatic carbocycles. The fraction of sp³-hybridized carbons (Fsp3) is 0.733. The summed E-state index contributed by atoms with van der Waals surface area (Å²) in [6.07, 6.45) is 5.59. The van der Waals surface area contributed by atoms with E-state index in [1.165, 1.54) is 24.1 Å². The van der Waals surface area contributed by atoms with Crippen molar-refractivity contribution in [1.82, 2.24) is 15.3 Å². The number of nitrogens with one attached hydrogen (secondary N) is 1. The number of aryl methyl sites for hydroxylation is 1. The van der Waals surface area contributed by atoms with Gasteiger partial charge >= 0.3 is 0 Å². The fourth-order valence-corrected chi connectivity index (χ4v) is 3.37. The molecule has 3 rings (SSSR count). The Morgan fingerprint density at radius 3 is 2.79 bits per heavy atom. The van der Waals surface area contributed by atoms with Crippen molar-refractivity contribution in [3.63, 3.8) is 0 Å². The van der Waals surface area contributed by atoms with Crippen molar-refractivity contribution in [2.75, 3.05) is 13.2 Å². The molecule has 0 amide bonds. The average Bonchev–Trinajstić information content (AvgIpc) is 2.89. The van der Waals surface area contributed by atoms with Crippen LogP contribution in [-0.2, 0) is 23.3 Å². The summed E-state index contributed by atoms with van der Waals surface area (Å²) in [7, 11) is 0. The van der Waals surface area contributed by atoms with Gasteiger partial charge in [-0.15, -0.1) is 0 Å². The third-order valence-corrected chi connectivity index (χ3v) is 4.38. The van der Waals surface area contributed by atoms with Gasteiger partial charge < -0.3 is 10.1 Å². The van der Waals surface area contributed by atoms with Gasteiger partial charge in [-0.25, -0.2) is 9.97 Å². The highest BCUT2D eigenvalue weighted by Gasteiger charge is 2.39. The first-order valence-electron chi connectivity index (χ1n) is 7.47. The number of hydrogen-bond donors (Lipinski definition) is 1. The van der Waals surface area contributed by atoms with Crippen LogP contribution in [-0.4, -0.2) is 23.1 Å². The van der Waals surface area contributed by atoms with Crippen molar-refractivity contribution in [3.8, 4) is 0 Å². The van der Waals surface area contributed by atoms with E-state index < -0.39 is 0 Å². The molecule has 0 spiro atoms. The molecule has 19 heavy (non-hydrogen) atoms. The summed E-state index contributed by atoms with van der Waals surface area (Å²) in [5, 5.41) is 3.39. The van der Waals surface area contributed by atoms with E-state index in [9.17, 15) is 0 Å². The van der Waals surface area contributed by atoms with Crippen LogP contribution in [0.3, 0.4) is 0 Å². The Labute approximate surface area is 115 Å². The molecular formula is C15H23N3O. The lowest BCUT2D eigenvalue weighted by molar-refractivity contribution is -0.0460. The number of rotatable bonds is 3. The van der Waals surface area contributed by atoms with Crippen LogP contribution in [0.5, 0.6) is 0 Å². The lowest BCUT2D eigenvalue weighted by atomic mass is 9.98. The third-order valence-electron chi connectivity index (χ3n) is 4.38. The van der Waals surface area contributed by atoms with Crippen molar-refractivity contribution in [1.29, 1.82) is 0 Å². The maximum absolute atomic E-state index is 6.08. The minimum absolute atomic E-state index is 0.209. The van der Waals surface area contributed by atoms with Crippen molar-refractivity contribution in [3.05, 3.63) is 22.8 Å². The van der Waals surface area contributed by atoms with Crippen LogP contribution in [0.1, 0.15) is 55.4 Å². The molecule has 2 heterocycles. The lowest BCUT2D eigenvalue weighted by Crippen LogP contribution is -2.32. The summed E-state index contributed by atoms with van der Waals surface area (Å²) in [6.45, 7) is 6.83. The largest absolute Gasteiger partial charge is 0.367 e. The van der Waals surface area contributed by atoms with Crippen LogP contribution in [0, 0.1) is 6.92 Å². The molecule has 0 saturated heterocycles. The van der Waals surface area contributed by atoms with Crippen molar-refractivity contribution in [2.45, 2.75) is 58.1 Å². The summed E-state index contributed by atoms with van der Waals surface area (Å²) in [4.78, 5) is 9.65. The van der Waals surface area contributed by atoms with Gasteiger partial charge in [-0.05, 0) is 39.5 Å². The molecule has 104 valence electrons. The quantitative estimate of drug-likeness (QED) is 0.906. The number of aromatic nitrogens is 2. The maximum atomic E-state index is 6.08. The second kappa shape index (κ2) is 5.17. The van der Waals surface area contributed by atoms with Gasteiger partial charge in [0.05, 0.1) is 5.69 Å². The zero-order valence-corrected chi connectivity index (χ0v) is 12.0. The van der Waals surface area contributed by atoms with Crippen molar-refractivity contribution in [2.24, 2.45) is 0 Å². The molecule has 1 aromatic heterocycles. The van der Waals surface area contributed by atoms with Gasteiger partial charge in [0.25, 0.3) is 0 Å². The predicted molar refractivity (Wildman–Crippen MR) is 74.0 cm³/mol. The average molecular weight is 261 g/mol. The number of nitrogens with zero attached hydrogens (tertiary/aromatic N) is 2. The van der Waals surface area contributed by atoms with E-state index in [1.807, 2.05) is 0 Å². The van der Waals surface area contributed by atoms with Crippen LogP contribution in [0.4, 0.5) is 0 Å². The van der Waals surface area contributed by atoms with Gasteiger partial charge in [-0.2, -0.15) is 0 Å². The monoisotopic (exact) mass is 261 g/mol. The highest BCUT2D eigenvalue weighted by atomic mass is 16.5. The molecule has 1 saturated carbocycles. The first kappa shape index (κ1) is 13.0. The Balaban J connectivity index is 2.02. The van der Waals surface area contributed by atoms with E-state index in [4.69, 9.17) is 14.7 Å². The van der Waals surface area contributed by atoms with Crippen LogP contribution >= 0.6 is 0 Å². The highest BCUT2D eigenvalue weighted by molar-refractivity contribution is 5.28. The number of hydrogen-bond acceptors (Lipinski definition) is 4. The molecule has 0 unspecified atom stereocenters. The number of ether oxygens (including phenoxy) is 1. The summed E-state index contributed by atoms with van der Waals surface area (Å²) in [5.41, 5.74) is 3.43. The first-order valence-corrected chi connectivity index (χ1v) is 7.47. The predicted octanol–water partition coefficient (Wildman–Crippen LogP) is 2.24. The Bertz CT molecular complexity index is 467. The van der Waals surface area contributed by atoms with E-state index >= 15 is 0 Å². The topological polar surface area (TPSA) is 47.0 Å². The SMILES string of the molecule is CCOC1(c2nc(C)c3c(n2)CCNC3)CCCC1. The lowest BCUT2D eigenvalue weighted by Gasteiger charge is -2.29. The van der Waals surface area contributed by atoms with Gasteiger partial charge in [0.2, 0.25) is 0 Å². The Morgan fingerprint density at radius 2 is 2.05 bits per heavy atom. The normalized spacial score (nSPS) is 21.4. The van der Waals surface area contributed by atoms with Crippen molar-refractivity contribution < 1.29 is 4.74 Å². The number of fused-ring (bicyclic) bond motifs is 1. The summed E-state index contributed by atoms with van der Waals surface area (Å²) >= 11 is 0. The molecule has 2 aliphatic rings. The standard InChI is InChI=1S/C15H23N3O/c1-3-19-15(7-4-5-8-15)14-17-11(2)12-10-16-9-6-13(12)18-14/h16H,3-10H2,1-2H3. The Morgan fingerprint density at radius 1 is 1.26 bits per heavy atom. The van der Waals surface area contributed by atoms with Crippen LogP contribution < -0.4 is 5.32 Å². The fourth-order valence-electron chi connectivity index (χ4n) is 3.37. The Kier molecular flexibility index (Phi) is 3.54. The van der Waals surface area contributed by atoms with E-state index in [2.05, 4.69) is 19.2 Å². The minimum atomic E-state index is -0.209. The van der Waals surface area contributed by atoms with E-state index in [0.29, 0.717) is 0 Å².